The van der Waals surface area contributed by atoms with Gasteiger partial charge in [-0.05, 0) is 49.4 Å². The molecule has 1 aromatic carbocycles. The smallest absolute Gasteiger partial charge is 0.252 e. The van der Waals surface area contributed by atoms with Crippen LogP contribution in [0.5, 0.6) is 0 Å². The topological polar surface area (TPSA) is 74.7 Å². The zero-order valence-electron chi connectivity index (χ0n) is 17.1. The Kier molecular flexibility index (Phi) is 6.77. The van der Waals surface area contributed by atoms with Crippen molar-refractivity contribution < 1.29 is 14.6 Å². The maximum atomic E-state index is 12.7. The van der Waals surface area contributed by atoms with Crippen LogP contribution in [0, 0.1) is 5.92 Å². The van der Waals surface area contributed by atoms with E-state index in [1.54, 1.807) is 20.2 Å². The molecule has 1 fully saturated rings. The summed E-state index contributed by atoms with van der Waals surface area (Å²) in [6, 6.07) is 9.28. The van der Waals surface area contributed by atoms with Gasteiger partial charge in [0.25, 0.3) is 5.91 Å². The first-order valence-electron chi connectivity index (χ1n) is 9.78. The number of aliphatic hydroxyl groups is 1. The molecule has 7 heteroatoms. The van der Waals surface area contributed by atoms with Crippen LogP contribution in [0.2, 0.25) is 5.02 Å². The van der Waals surface area contributed by atoms with Gasteiger partial charge in [0.1, 0.15) is 5.82 Å². The Morgan fingerprint density at radius 2 is 2.07 bits per heavy atom. The molecule has 156 valence electrons. The van der Waals surface area contributed by atoms with E-state index in [0.29, 0.717) is 23.7 Å². The summed E-state index contributed by atoms with van der Waals surface area (Å²) in [4.78, 5) is 19.3. The number of carbonyl (C=O) groups is 1. The Morgan fingerprint density at radius 3 is 2.69 bits per heavy atom. The summed E-state index contributed by atoms with van der Waals surface area (Å²) < 4.78 is 5.17. The second-order valence-electron chi connectivity index (χ2n) is 7.83. The molecule has 1 unspecified atom stereocenters. The van der Waals surface area contributed by atoms with Crippen LogP contribution in [0.4, 0.5) is 5.82 Å². The summed E-state index contributed by atoms with van der Waals surface area (Å²) in [5, 5.41) is 13.9. The number of hydrogen-bond acceptors (Lipinski definition) is 5. The number of pyridine rings is 1. The number of ether oxygens (including phenoxy) is 1. The molecule has 1 atom stereocenters. The molecular formula is C22H28ClN3O3. The van der Waals surface area contributed by atoms with Gasteiger partial charge in [-0.15, -0.1) is 0 Å². The van der Waals surface area contributed by atoms with Gasteiger partial charge in [0.15, 0.2) is 0 Å². The molecular weight excluding hydrogens is 390 g/mol. The number of hydrogen-bond donors (Lipinski definition) is 2. The average molecular weight is 418 g/mol. The largest absolute Gasteiger partial charge is 0.388 e. The summed E-state index contributed by atoms with van der Waals surface area (Å²) in [7, 11) is 3.60. The van der Waals surface area contributed by atoms with E-state index >= 15 is 0 Å². The number of nitrogens with one attached hydrogen (secondary N) is 1. The Morgan fingerprint density at radius 1 is 1.38 bits per heavy atom. The van der Waals surface area contributed by atoms with Gasteiger partial charge in [0.2, 0.25) is 0 Å². The molecule has 0 spiro atoms. The lowest BCUT2D eigenvalue weighted by Gasteiger charge is -2.24. The minimum Gasteiger partial charge on any atom is -0.388 e. The lowest BCUT2D eigenvalue weighted by atomic mass is 10.0. The van der Waals surface area contributed by atoms with Crippen molar-refractivity contribution in [2.75, 3.05) is 38.8 Å². The lowest BCUT2D eigenvalue weighted by Crippen LogP contribution is -2.42. The van der Waals surface area contributed by atoms with Gasteiger partial charge in [-0.3, -0.25) is 4.79 Å². The summed E-state index contributed by atoms with van der Waals surface area (Å²) in [6.45, 7) is 3.23. The molecule has 1 aromatic heterocycles. The normalized spacial score (nSPS) is 15.6. The first-order chi connectivity index (χ1) is 13.8. The molecule has 29 heavy (non-hydrogen) atoms. The van der Waals surface area contributed by atoms with Crippen molar-refractivity contribution in [1.29, 1.82) is 0 Å². The molecule has 0 aliphatic heterocycles. The molecule has 1 aliphatic rings. The predicted molar refractivity (Wildman–Crippen MR) is 116 cm³/mol. The highest BCUT2D eigenvalue weighted by Gasteiger charge is 2.40. The highest BCUT2D eigenvalue weighted by molar-refractivity contribution is 6.30. The second kappa shape index (κ2) is 9.11. The Bertz CT molecular complexity index is 851. The van der Waals surface area contributed by atoms with Crippen molar-refractivity contribution in [2.45, 2.75) is 25.4 Å². The number of rotatable bonds is 9. The van der Waals surface area contributed by atoms with E-state index in [9.17, 15) is 9.90 Å². The fourth-order valence-electron chi connectivity index (χ4n) is 3.27. The van der Waals surface area contributed by atoms with Crippen LogP contribution in [0.15, 0.2) is 36.5 Å². The van der Waals surface area contributed by atoms with Crippen LogP contribution in [0.3, 0.4) is 0 Å². The van der Waals surface area contributed by atoms with Crippen molar-refractivity contribution in [1.82, 2.24) is 10.3 Å². The van der Waals surface area contributed by atoms with Crippen LogP contribution in [0.25, 0.3) is 11.1 Å². The van der Waals surface area contributed by atoms with E-state index in [2.05, 4.69) is 10.3 Å². The molecule has 1 aliphatic carbocycles. The summed E-state index contributed by atoms with van der Waals surface area (Å²) in [5.74, 6) is 0.771. The Balaban J connectivity index is 1.85. The Labute approximate surface area is 176 Å². The first kappa shape index (κ1) is 21.6. The summed E-state index contributed by atoms with van der Waals surface area (Å²) >= 11 is 6.04. The van der Waals surface area contributed by atoms with Crippen LogP contribution in [-0.2, 0) is 4.74 Å². The number of likely N-dealkylation sites (N-methyl/N-ethyl adjacent to an activating group) is 1. The van der Waals surface area contributed by atoms with Crippen LogP contribution in [0.1, 0.15) is 30.1 Å². The van der Waals surface area contributed by atoms with Crippen molar-refractivity contribution >= 4 is 23.3 Å². The number of amides is 1. The van der Waals surface area contributed by atoms with Gasteiger partial charge >= 0.3 is 0 Å². The summed E-state index contributed by atoms with van der Waals surface area (Å²) in [6.07, 6.45) is 3.58. The van der Waals surface area contributed by atoms with E-state index in [0.717, 1.165) is 29.8 Å². The maximum Gasteiger partial charge on any atom is 0.252 e. The van der Waals surface area contributed by atoms with Crippen molar-refractivity contribution in [3.63, 3.8) is 0 Å². The first-order valence-corrected chi connectivity index (χ1v) is 10.2. The Hall–Kier alpha value is -2.15. The SMILES string of the molecule is COCCN(C)c1ncc(C(=O)NCC(C)(O)C2CC2)cc1-c1ccc(Cl)cc1. The molecule has 1 amide bonds. The highest BCUT2D eigenvalue weighted by atomic mass is 35.5. The third kappa shape index (κ3) is 5.47. The lowest BCUT2D eigenvalue weighted by molar-refractivity contribution is 0.0354. The van der Waals surface area contributed by atoms with E-state index in [-0.39, 0.29) is 18.4 Å². The minimum atomic E-state index is -0.873. The number of halogens is 1. The van der Waals surface area contributed by atoms with Gasteiger partial charge in [0.05, 0.1) is 17.8 Å². The van der Waals surface area contributed by atoms with E-state index in [1.165, 1.54) is 0 Å². The highest BCUT2D eigenvalue weighted by Crippen LogP contribution is 2.39. The molecule has 0 saturated heterocycles. The third-order valence-electron chi connectivity index (χ3n) is 5.34. The maximum absolute atomic E-state index is 12.7. The van der Waals surface area contributed by atoms with Gasteiger partial charge < -0.3 is 20.1 Å². The van der Waals surface area contributed by atoms with Crippen molar-refractivity contribution in [3.05, 3.63) is 47.1 Å². The van der Waals surface area contributed by atoms with E-state index in [1.807, 2.05) is 42.3 Å². The van der Waals surface area contributed by atoms with Crippen LogP contribution < -0.4 is 10.2 Å². The predicted octanol–water partition coefficient (Wildman–Crippen LogP) is 3.38. The monoisotopic (exact) mass is 417 g/mol. The van der Waals surface area contributed by atoms with Crippen molar-refractivity contribution in [2.24, 2.45) is 5.92 Å². The molecule has 0 bridgehead atoms. The number of aromatic nitrogens is 1. The number of carbonyl (C=O) groups excluding carboxylic acids is 1. The number of methoxy groups -OCH3 is 1. The van der Waals surface area contributed by atoms with E-state index < -0.39 is 5.60 Å². The standard InChI is InChI=1S/C22H28ClN3O3/c1-22(28,17-6-7-17)14-25-21(27)16-12-19(15-4-8-18(23)9-5-15)20(24-13-16)26(2)10-11-29-3/h4-5,8-9,12-13,17,28H,6-7,10-11,14H2,1-3H3,(H,25,27). The zero-order chi connectivity index (χ0) is 21.0. The van der Waals surface area contributed by atoms with Gasteiger partial charge in [-0.2, -0.15) is 0 Å². The van der Waals surface area contributed by atoms with E-state index in [4.69, 9.17) is 16.3 Å². The average Bonchev–Trinajstić information content (AvgIpc) is 3.56. The van der Waals surface area contributed by atoms with Gasteiger partial charge in [-0.1, -0.05) is 23.7 Å². The molecule has 2 N–H and O–H groups in total. The van der Waals surface area contributed by atoms with Gasteiger partial charge in [-0.25, -0.2) is 4.98 Å². The molecule has 3 rings (SSSR count). The molecule has 6 nitrogen and oxygen atoms in total. The fraction of sp³-hybridized carbons (Fsp3) is 0.455. The zero-order valence-corrected chi connectivity index (χ0v) is 17.9. The molecule has 1 heterocycles. The van der Waals surface area contributed by atoms with Gasteiger partial charge in [0, 0.05) is 44.0 Å². The second-order valence-corrected chi connectivity index (χ2v) is 8.27. The van der Waals surface area contributed by atoms with Crippen LogP contribution in [-0.4, -0.2) is 55.5 Å². The quantitative estimate of drug-likeness (QED) is 0.654. The minimum absolute atomic E-state index is 0.224. The molecule has 2 aromatic rings. The number of anilines is 1. The number of nitrogens with zero attached hydrogens (tertiary/aromatic N) is 2. The third-order valence-corrected chi connectivity index (χ3v) is 5.59. The number of benzene rings is 1. The summed E-state index contributed by atoms with van der Waals surface area (Å²) in [5.41, 5.74) is 1.33. The fourth-order valence-corrected chi connectivity index (χ4v) is 3.40. The molecule has 0 radical (unpaired) electrons. The molecule has 1 saturated carbocycles. The van der Waals surface area contributed by atoms with Crippen molar-refractivity contribution in [3.8, 4) is 11.1 Å². The van der Waals surface area contributed by atoms with Crippen LogP contribution >= 0.6 is 11.6 Å².